The molecule has 0 aromatic carbocycles. The molecule has 1 heterocycles. The fraction of sp³-hybridized carbons (Fsp3) is 0.538. The Hall–Kier alpha value is -1.41. The van der Waals surface area contributed by atoms with Gasteiger partial charge < -0.3 is 10.1 Å². The number of hydrogen-bond acceptors (Lipinski definition) is 5. The van der Waals surface area contributed by atoms with E-state index in [4.69, 9.17) is 11.2 Å². The molecule has 1 aromatic rings. The quantitative estimate of drug-likeness (QED) is 0.487. The van der Waals surface area contributed by atoms with E-state index in [1.165, 1.54) is 11.8 Å². The first-order chi connectivity index (χ1) is 8.50. The highest BCUT2D eigenvalue weighted by Gasteiger charge is 2.17. The molecule has 1 rings (SSSR count). The molecule has 5 heteroatoms. The summed E-state index contributed by atoms with van der Waals surface area (Å²) >= 11 is 1.47. The maximum atomic E-state index is 5.67. The molecule has 98 valence electrons. The molecule has 0 aliphatic carbocycles. The van der Waals surface area contributed by atoms with Gasteiger partial charge in [0.1, 0.15) is 5.82 Å². The van der Waals surface area contributed by atoms with Gasteiger partial charge in [-0.15, -0.1) is 6.42 Å². The van der Waals surface area contributed by atoms with E-state index < -0.39 is 5.60 Å². The fourth-order valence-electron chi connectivity index (χ4n) is 1.18. The second kappa shape index (κ2) is 6.50. The zero-order chi connectivity index (χ0) is 13.6. The van der Waals surface area contributed by atoms with Gasteiger partial charge in [0.25, 0.3) is 0 Å². The van der Waals surface area contributed by atoms with Crippen LogP contribution in [0.2, 0.25) is 0 Å². The highest BCUT2D eigenvalue weighted by Crippen LogP contribution is 2.22. The number of ether oxygens (including phenoxy) is 1. The number of nitrogens with one attached hydrogen (secondary N) is 1. The lowest BCUT2D eigenvalue weighted by atomic mass is 10.1. The van der Waals surface area contributed by atoms with Crippen molar-refractivity contribution in [2.75, 3.05) is 18.1 Å². The molecule has 0 atom stereocenters. The van der Waals surface area contributed by atoms with Gasteiger partial charge in [0.15, 0.2) is 10.8 Å². The van der Waals surface area contributed by atoms with Crippen LogP contribution < -0.4 is 10.1 Å². The fourth-order valence-corrected chi connectivity index (χ4v) is 1.55. The highest BCUT2D eigenvalue weighted by molar-refractivity contribution is 7.98. The van der Waals surface area contributed by atoms with Gasteiger partial charge in [-0.1, -0.05) is 24.6 Å². The molecule has 0 spiro atoms. The van der Waals surface area contributed by atoms with E-state index in [0.29, 0.717) is 11.0 Å². The zero-order valence-corrected chi connectivity index (χ0v) is 12.1. The predicted octanol–water partition coefficient (Wildman–Crippen LogP) is 2.81. The molecular weight excluding hydrogens is 246 g/mol. The molecule has 0 fully saturated rings. The molecule has 0 radical (unpaired) electrons. The molecule has 1 aromatic heterocycles. The summed E-state index contributed by atoms with van der Waals surface area (Å²) in [6, 6.07) is 1.77. The van der Waals surface area contributed by atoms with Gasteiger partial charge in [0.05, 0.1) is 0 Å². The first-order valence-electron chi connectivity index (χ1n) is 5.84. The van der Waals surface area contributed by atoms with Gasteiger partial charge in [-0.25, -0.2) is 4.98 Å². The Morgan fingerprint density at radius 1 is 1.50 bits per heavy atom. The second-order valence-electron chi connectivity index (χ2n) is 4.26. The summed E-state index contributed by atoms with van der Waals surface area (Å²) in [5, 5.41) is 3.88. The van der Waals surface area contributed by atoms with Gasteiger partial charge >= 0.3 is 0 Å². The molecule has 0 aliphatic heterocycles. The van der Waals surface area contributed by atoms with Crippen molar-refractivity contribution < 1.29 is 4.74 Å². The van der Waals surface area contributed by atoms with Crippen molar-refractivity contribution in [2.45, 2.75) is 37.9 Å². The zero-order valence-electron chi connectivity index (χ0n) is 11.3. The van der Waals surface area contributed by atoms with Crippen LogP contribution in [-0.4, -0.2) is 28.4 Å². The first kappa shape index (κ1) is 14.7. The van der Waals surface area contributed by atoms with E-state index in [2.05, 4.69) is 28.1 Å². The SMILES string of the molecule is C#CC(C)(C)Oc1cc(NCCC)nc(SC)n1. The normalized spacial score (nSPS) is 10.8. The van der Waals surface area contributed by atoms with Crippen molar-refractivity contribution in [1.29, 1.82) is 0 Å². The number of anilines is 1. The largest absolute Gasteiger partial charge is 0.458 e. The molecular formula is C13H19N3OS. The number of nitrogens with zero attached hydrogens (tertiary/aromatic N) is 2. The van der Waals surface area contributed by atoms with Crippen molar-refractivity contribution in [3.05, 3.63) is 6.07 Å². The lowest BCUT2D eigenvalue weighted by molar-refractivity contribution is 0.163. The summed E-state index contributed by atoms with van der Waals surface area (Å²) in [7, 11) is 0. The van der Waals surface area contributed by atoms with Gasteiger partial charge in [-0.2, -0.15) is 4.98 Å². The molecule has 0 unspecified atom stereocenters. The Morgan fingerprint density at radius 2 is 2.22 bits per heavy atom. The predicted molar refractivity (Wildman–Crippen MR) is 76.1 cm³/mol. The van der Waals surface area contributed by atoms with Crippen molar-refractivity contribution in [3.8, 4) is 18.2 Å². The Labute approximate surface area is 113 Å². The van der Waals surface area contributed by atoms with Crippen molar-refractivity contribution in [2.24, 2.45) is 0 Å². The summed E-state index contributed by atoms with van der Waals surface area (Å²) in [6.45, 7) is 6.62. The molecule has 0 saturated carbocycles. The molecule has 18 heavy (non-hydrogen) atoms. The van der Waals surface area contributed by atoms with Crippen LogP contribution >= 0.6 is 11.8 Å². The number of terminal acetylenes is 1. The third-order valence-electron chi connectivity index (χ3n) is 2.13. The van der Waals surface area contributed by atoms with Gasteiger partial charge in [-0.3, -0.25) is 0 Å². The molecule has 0 aliphatic rings. The monoisotopic (exact) mass is 265 g/mol. The van der Waals surface area contributed by atoms with E-state index in [0.717, 1.165) is 18.8 Å². The summed E-state index contributed by atoms with van der Waals surface area (Å²) in [5.74, 6) is 3.84. The maximum Gasteiger partial charge on any atom is 0.220 e. The average Bonchev–Trinajstić information content (AvgIpc) is 2.35. The lowest BCUT2D eigenvalue weighted by Gasteiger charge is -2.19. The highest BCUT2D eigenvalue weighted by atomic mass is 32.2. The molecule has 4 nitrogen and oxygen atoms in total. The standard InChI is InChI=1S/C13H19N3OS/c1-6-8-14-10-9-11(16-12(15-10)18-5)17-13(3,4)7-2/h2,9H,6,8H2,1,3-5H3,(H,14,15,16). The Morgan fingerprint density at radius 3 is 2.78 bits per heavy atom. The van der Waals surface area contributed by atoms with Gasteiger partial charge in [-0.05, 0) is 26.5 Å². The minimum atomic E-state index is -0.675. The average molecular weight is 265 g/mol. The van der Waals surface area contributed by atoms with E-state index in [1.807, 2.05) is 20.1 Å². The Bertz CT molecular complexity index is 440. The van der Waals surface area contributed by atoms with E-state index in [-0.39, 0.29) is 0 Å². The number of hydrogen-bond donors (Lipinski definition) is 1. The molecule has 0 bridgehead atoms. The van der Waals surface area contributed by atoms with Crippen LogP contribution in [0.4, 0.5) is 5.82 Å². The lowest BCUT2D eigenvalue weighted by Crippen LogP contribution is -2.26. The third-order valence-corrected chi connectivity index (χ3v) is 2.68. The number of thioether (sulfide) groups is 1. The van der Waals surface area contributed by atoms with Crippen LogP contribution in [0.5, 0.6) is 5.88 Å². The van der Waals surface area contributed by atoms with Crippen LogP contribution in [0.1, 0.15) is 27.2 Å². The summed E-state index contributed by atoms with van der Waals surface area (Å²) in [5.41, 5.74) is -0.675. The molecule has 1 N–H and O–H groups in total. The second-order valence-corrected chi connectivity index (χ2v) is 5.04. The minimum Gasteiger partial charge on any atom is -0.458 e. The van der Waals surface area contributed by atoms with Crippen molar-refractivity contribution >= 4 is 17.6 Å². The number of rotatable bonds is 6. The topological polar surface area (TPSA) is 47.0 Å². The molecule has 0 saturated heterocycles. The van der Waals surface area contributed by atoms with Crippen molar-refractivity contribution in [1.82, 2.24) is 9.97 Å². The van der Waals surface area contributed by atoms with E-state index in [1.54, 1.807) is 6.07 Å². The van der Waals surface area contributed by atoms with Gasteiger partial charge in [0.2, 0.25) is 5.88 Å². The summed E-state index contributed by atoms with van der Waals surface area (Å²) < 4.78 is 5.67. The smallest absolute Gasteiger partial charge is 0.220 e. The molecule has 0 amide bonds. The van der Waals surface area contributed by atoms with E-state index in [9.17, 15) is 0 Å². The van der Waals surface area contributed by atoms with Crippen LogP contribution in [0.15, 0.2) is 11.2 Å². The van der Waals surface area contributed by atoms with Crippen LogP contribution in [-0.2, 0) is 0 Å². The van der Waals surface area contributed by atoms with Gasteiger partial charge in [0, 0.05) is 12.6 Å². The van der Waals surface area contributed by atoms with Crippen LogP contribution in [0, 0.1) is 12.3 Å². The maximum absolute atomic E-state index is 5.67. The number of aromatic nitrogens is 2. The minimum absolute atomic E-state index is 0.496. The summed E-state index contributed by atoms with van der Waals surface area (Å²) in [4.78, 5) is 8.64. The third kappa shape index (κ3) is 4.46. The Balaban J connectivity index is 2.94. The van der Waals surface area contributed by atoms with E-state index >= 15 is 0 Å². The van der Waals surface area contributed by atoms with Crippen molar-refractivity contribution in [3.63, 3.8) is 0 Å². The summed E-state index contributed by atoms with van der Waals surface area (Å²) in [6.07, 6.45) is 8.36. The Kier molecular flexibility index (Phi) is 5.29. The van der Waals surface area contributed by atoms with Crippen LogP contribution in [0.3, 0.4) is 0 Å². The van der Waals surface area contributed by atoms with Crippen LogP contribution in [0.25, 0.3) is 0 Å². The first-order valence-corrected chi connectivity index (χ1v) is 7.07.